The van der Waals surface area contributed by atoms with Gasteiger partial charge >= 0.3 is 29.6 Å². The van der Waals surface area contributed by atoms with Gasteiger partial charge in [0.25, 0.3) is 0 Å². The van der Waals surface area contributed by atoms with Crippen LogP contribution in [0.4, 0.5) is 5.69 Å². The summed E-state index contributed by atoms with van der Waals surface area (Å²) in [6, 6.07) is 3.21. The van der Waals surface area contributed by atoms with Crippen LogP contribution in [0.5, 0.6) is 0 Å². The van der Waals surface area contributed by atoms with Gasteiger partial charge in [-0.15, -0.1) is 0 Å². The minimum absolute atomic E-state index is 0. The van der Waals surface area contributed by atoms with Crippen molar-refractivity contribution >= 4 is 38.6 Å². The summed E-state index contributed by atoms with van der Waals surface area (Å²) < 4.78 is 22.2. The van der Waals surface area contributed by atoms with Gasteiger partial charge in [0.2, 0.25) is 5.91 Å². The third kappa shape index (κ3) is 2.94. The molecule has 1 amide bonds. The van der Waals surface area contributed by atoms with Crippen LogP contribution >= 0.6 is 15.9 Å². The summed E-state index contributed by atoms with van der Waals surface area (Å²) in [7, 11) is 0. The molecular formula is C9H7BrNNaO3S. The number of hydrogen-bond donors (Lipinski definition) is 1. The number of carbonyl (C=O) groups is 1. The fourth-order valence-corrected chi connectivity index (χ4v) is 2.70. The smallest absolute Gasteiger partial charge is 0.768 e. The molecular weight excluding hydrogens is 305 g/mol. The second-order valence-corrected chi connectivity index (χ2v) is 4.99. The van der Waals surface area contributed by atoms with Crippen LogP contribution in [-0.2, 0) is 22.3 Å². The average Bonchev–Trinajstić information content (AvgIpc) is 2.15. The fraction of sp³-hybridized carbons (Fsp3) is 0.222. The van der Waals surface area contributed by atoms with Crippen LogP contribution in [0.3, 0.4) is 0 Å². The van der Waals surface area contributed by atoms with Crippen LogP contribution in [0, 0.1) is 0 Å². The molecule has 0 aromatic heterocycles. The summed E-state index contributed by atoms with van der Waals surface area (Å²) in [5.41, 5.74) is 1.55. The first-order chi connectivity index (χ1) is 7.08. The van der Waals surface area contributed by atoms with Crippen molar-refractivity contribution in [3.05, 3.63) is 22.2 Å². The number of hydrogen-bond acceptors (Lipinski definition) is 3. The first-order valence-electron chi connectivity index (χ1n) is 4.29. The van der Waals surface area contributed by atoms with Crippen molar-refractivity contribution in [2.75, 3.05) is 5.32 Å². The number of carbonyl (C=O) groups excluding carboxylic acids is 1. The molecule has 0 aliphatic carbocycles. The molecule has 1 atom stereocenters. The average molecular weight is 312 g/mol. The van der Waals surface area contributed by atoms with Crippen molar-refractivity contribution in [1.82, 2.24) is 0 Å². The van der Waals surface area contributed by atoms with Crippen molar-refractivity contribution in [2.45, 2.75) is 17.7 Å². The van der Waals surface area contributed by atoms with E-state index in [4.69, 9.17) is 0 Å². The summed E-state index contributed by atoms with van der Waals surface area (Å²) in [5, 5.41) is 2.70. The molecule has 0 spiro atoms. The van der Waals surface area contributed by atoms with Gasteiger partial charge in [0.15, 0.2) is 0 Å². The van der Waals surface area contributed by atoms with E-state index in [9.17, 15) is 13.6 Å². The van der Waals surface area contributed by atoms with Crippen molar-refractivity contribution in [2.24, 2.45) is 0 Å². The summed E-state index contributed by atoms with van der Waals surface area (Å²) in [6.45, 7) is 0. The van der Waals surface area contributed by atoms with Crippen molar-refractivity contribution < 1.29 is 43.1 Å². The second kappa shape index (κ2) is 5.75. The molecule has 1 aliphatic rings. The second-order valence-electron chi connectivity index (χ2n) is 3.22. The van der Waals surface area contributed by atoms with Crippen LogP contribution < -0.4 is 34.9 Å². The molecule has 80 valence electrons. The first-order valence-corrected chi connectivity index (χ1v) is 6.16. The van der Waals surface area contributed by atoms with E-state index in [0.717, 1.165) is 5.56 Å². The molecule has 0 saturated carbocycles. The van der Waals surface area contributed by atoms with E-state index in [1.807, 2.05) is 0 Å². The van der Waals surface area contributed by atoms with Gasteiger partial charge in [-0.1, -0.05) is 0 Å². The Morgan fingerprint density at radius 3 is 2.69 bits per heavy atom. The Balaban J connectivity index is 0.00000128. The maximum atomic E-state index is 11.1. The van der Waals surface area contributed by atoms with Gasteiger partial charge in [0, 0.05) is 21.5 Å². The SMILES string of the molecule is O=C1CCc2cc(S(=O)[O-])c(Br)cc2N1.[Na+]. The monoisotopic (exact) mass is 311 g/mol. The number of benzene rings is 1. The molecule has 16 heavy (non-hydrogen) atoms. The van der Waals surface area contributed by atoms with Gasteiger partial charge in [-0.25, -0.2) is 0 Å². The van der Waals surface area contributed by atoms with Gasteiger partial charge in [-0.05, 0) is 51.1 Å². The Labute approximate surface area is 126 Å². The number of halogens is 1. The van der Waals surface area contributed by atoms with Gasteiger partial charge in [-0.2, -0.15) is 0 Å². The molecule has 1 unspecified atom stereocenters. The number of rotatable bonds is 1. The van der Waals surface area contributed by atoms with Crippen LogP contribution in [0.1, 0.15) is 12.0 Å². The molecule has 2 rings (SSSR count). The zero-order valence-electron chi connectivity index (χ0n) is 8.58. The Bertz CT molecular complexity index is 466. The number of anilines is 1. The Morgan fingerprint density at radius 1 is 1.38 bits per heavy atom. The summed E-state index contributed by atoms with van der Waals surface area (Å²) in [4.78, 5) is 11.3. The number of amides is 1. The van der Waals surface area contributed by atoms with Crippen LogP contribution in [-0.4, -0.2) is 14.7 Å². The molecule has 1 heterocycles. The molecule has 7 heteroatoms. The van der Waals surface area contributed by atoms with Crippen molar-refractivity contribution in [1.29, 1.82) is 0 Å². The molecule has 1 aromatic carbocycles. The van der Waals surface area contributed by atoms with E-state index in [0.29, 0.717) is 23.0 Å². The summed E-state index contributed by atoms with van der Waals surface area (Å²) in [6.07, 6.45) is 0.984. The topological polar surface area (TPSA) is 69.2 Å². The molecule has 1 aromatic rings. The third-order valence-electron chi connectivity index (χ3n) is 2.23. The third-order valence-corrected chi connectivity index (χ3v) is 3.85. The first kappa shape index (κ1) is 14.3. The van der Waals surface area contributed by atoms with Crippen molar-refractivity contribution in [3.63, 3.8) is 0 Å². The number of fused-ring (bicyclic) bond motifs is 1. The zero-order valence-corrected chi connectivity index (χ0v) is 13.0. The zero-order chi connectivity index (χ0) is 11.0. The van der Waals surface area contributed by atoms with E-state index in [1.165, 1.54) is 0 Å². The molecule has 0 bridgehead atoms. The van der Waals surface area contributed by atoms with Gasteiger partial charge in [0.05, 0.1) is 0 Å². The maximum absolute atomic E-state index is 11.1. The normalized spacial score (nSPS) is 15.8. The van der Waals surface area contributed by atoms with Gasteiger partial charge < -0.3 is 9.87 Å². The molecule has 1 N–H and O–H groups in total. The van der Waals surface area contributed by atoms with Gasteiger partial charge in [0.1, 0.15) is 0 Å². The molecule has 4 nitrogen and oxygen atoms in total. The molecule has 0 fully saturated rings. The summed E-state index contributed by atoms with van der Waals surface area (Å²) in [5.74, 6) is -0.0367. The molecule has 0 saturated heterocycles. The minimum atomic E-state index is -2.26. The van der Waals surface area contributed by atoms with E-state index in [2.05, 4.69) is 21.2 Å². The minimum Gasteiger partial charge on any atom is -0.768 e. The van der Waals surface area contributed by atoms with Crippen molar-refractivity contribution in [3.8, 4) is 0 Å². The van der Waals surface area contributed by atoms with Gasteiger partial charge in [-0.3, -0.25) is 9.00 Å². The van der Waals surface area contributed by atoms with E-state index in [-0.39, 0.29) is 40.4 Å². The van der Waals surface area contributed by atoms with Crippen LogP contribution in [0.15, 0.2) is 21.5 Å². The van der Waals surface area contributed by atoms with Crippen LogP contribution in [0.25, 0.3) is 0 Å². The maximum Gasteiger partial charge on any atom is 1.00 e. The molecule has 1 aliphatic heterocycles. The van der Waals surface area contributed by atoms with E-state index >= 15 is 0 Å². The number of aryl methyl sites for hydroxylation is 1. The Hall–Kier alpha value is 0.280. The van der Waals surface area contributed by atoms with E-state index < -0.39 is 11.1 Å². The number of nitrogens with one attached hydrogen (secondary N) is 1. The predicted molar refractivity (Wildman–Crippen MR) is 58.3 cm³/mol. The Morgan fingerprint density at radius 2 is 2.06 bits per heavy atom. The Kier molecular flexibility index (Phi) is 5.15. The molecule has 0 radical (unpaired) electrons. The quantitative estimate of drug-likeness (QED) is 0.511. The van der Waals surface area contributed by atoms with Crippen LogP contribution in [0.2, 0.25) is 0 Å². The van der Waals surface area contributed by atoms with E-state index in [1.54, 1.807) is 12.1 Å². The standard InChI is InChI=1S/C9H8BrNO3S.Na/c10-6-4-7-5(1-2-9(12)11-7)3-8(6)15(13)14;/h3-4H,1-2H2,(H,11,12)(H,13,14);/q;+1/p-1. The predicted octanol–water partition coefficient (Wildman–Crippen LogP) is -1.42. The fourth-order valence-electron chi connectivity index (χ4n) is 1.51. The summed E-state index contributed by atoms with van der Waals surface area (Å²) >= 11 is 0.895. The largest absolute Gasteiger partial charge is 1.00 e.